The molecular formula is C24H26N2O6S. The van der Waals surface area contributed by atoms with Crippen LogP contribution in [-0.4, -0.2) is 63.4 Å². The third-order valence-corrected chi connectivity index (χ3v) is 7.67. The summed E-state index contributed by atoms with van der Waals surface area (Å²) in [6, 6.07) is 12.1. The van der Waals surface area contributed by atoms with Gasteiger partial charge in [-0.3, -0.25) is 9.59 Å². The summed E-state index contributed by atoms with van der Waals surface area (Å²) in [5.74, 6) is 0.480. The zero-order valence-electron chi connectivity index (χ0n) is 18.6. The van der Waals surface area contributed by atoms with Gasteiger partial charge in [0.1, 0.15) is 6.54 Å². The van der Waals surface area contributed by atoms with E-state index in [1.165, 1.54) is 16.9 Å². The first-order valence-corrected chi connectivity index (χ1v) is 12.4. The number of hydrogen-bond acceptors (Lipinski definition) is 6. The van der Waals surface area contributed by atoms with Gasteiger partial charge in [-0.25, -0.2) is 8.42 Å². The monoisotopic (exact) mass is 470 g/mol. The van der Waals surface area contributed by atoms with Gasteiger partial charge in [0.2, 0.25) is 11.8 Å². The lowest BCUT2D eigenvalue weighted by atomic mass is 10.0. The van der Waals surface area contributed by atoms with E-state index in [9.17, 15) is 18.0 Å². The number of fused-ring (bicyclic) bond motifs is 1. The van der Waals surface area contributed by atoms with Crippen molar-refractivity contribution < 1.29 is 27.5 Å². The predicted octanol–water partition coefficient (Wildman–Crippen LogP) is 2.28. The van der Waals surface area contributed by atoms with E-state index in [0.717, 1.165) is 11.1 Å². The number of amides is 2. The molecule has 4 rings (SSSR count). The summed E-state index contributed by atoms with van der Waals surface area (Å²) < 4.78 is 34.9. The van der Waals surface area contributed by atoms with Gasteiger partial charge in [-0.15, -0.1) is 0 Å². The standard InChI is InChI=1S/C24H26N2O6S/c1-31-21-12-17-8-10-25(23(27)14-18(17)13-22(21)32-2)15-24(28)26(19-6-4-3-5-7-19)20-9-11-33(29,30)16-20/h3-8,10,12-13,20H,9,11,14-16H2,1-2H3. The molecule has 0 saturated carbocycles. The lowest BCUT2D eigenvalue weighted by molar-refractivity contribution is -0.132. The lowest BCUT2D eigenvalue weighted by Crippen LogP contribution is -2.46. The van der Waals surface area contributed by atoms with E-state index in [4.69, 9.17) is 9.47 Å². The van der Waals surface area contributed by atoms with E-state index >= 15 is 0 Å². The summed E-state index contributed by atoms with van der Waals surface area (Å²) in [4.78, 5) is 29.3. The summed E-state index contributed by atoms with van der Waals surface area (Å²) in [5.41, 5.74) is 2.19. The molecule has 8 nitrogen and oxygen atoms in total. The molecule has 0 radical (unpaired) electrons. The molecule has 1 fully saturated rings. The van der Waals surface area contributed by atoms with Crippen LogP contribution in [0.4, 0.5) is 5.69 Å². The van der Waals surface area contributed by atoms with Gasteiger partial charge in [-0.1, -0.05) is 18.2 Å². The zero-order valence-corrected chi connectivity index (χ0v) is 19.4. The van der Waals surface area contributed by atoms with Crippen LogP contribution in [0.5, 0.6) is 11.5 Å². The highest BCUT2D eigenvalue weighted by Crippen LogP contribution is 2.33. The maximum atomic E-state index is 13.4. The number of nitrogens with zero attached hydrogens (tertiary/aromatic N) is 2. The van der Waals surface area contributed by atoms with Crippen LogP contribution in [0.15, 0.2) is 48.7 Å². The van der Waals surface area contributed by atoms with E-state index in [-0.39, 0.29) is 36.3 Å². The van der Waals surface area contributed by atoms with E-state index in [1.54, 1.807) is 55.8 Å². The van der Waals surface area contributed by atoms with Gasteiger partial charge in [0.15, 0.2) is 21.3 Å². The normalized spacial score (nSPS) is 19.0. The molecule has 2 amide bonds. The quantitative estimate of drug-likeness (QED) is 0.643. The average Bonchev–Trinajstić information content (AvgIpc) is 3.08. The van der Waals surface area contributed by atoms with Crippen LogP contribution >= 0.6 is 0 Å². The van der Waals surface area contributed by atoms with Gasteiger partial charge in [0, 0.05) is 11.9 Å². The maximum absolute atomic E-state index is 13.4. The smallest absolute Gasteiger partial charge is 0.247 e. The number of ether oxygens (including phenoxy) is 2. The third-order valence-electron chi connectivity index (χ3n) is 5.92. The van der Waals surface area contributed by atoms with Crippen molar-refractivity contribution in [3.8, 4) is 11.5 Å². The molecule has 1 unspecified atom stereocenters. The van der Waals surface area contributed by atoms with Crippen LogP contribution in [0.2, 0.25) is 0 Å². The fourth-order valence-electron chi connectivity index (χ4n) is 4.25. The van der Waals surface area contributed by atoms with Crippen molar-refractivity contribution in [1.29, 1.82) is 0 Å². The zero-order chi connectivity index (χ0) is 23.6. The molecular weight excluding hydrogens is 444 g/mol. The molecule has 0 aromatic heterocycles. The Balaban J connectivity index is 1.59. The van der Waals surface area contributed by atoms with Crippen LogP contribution in [-0.2, 0) is 25.8 Å². The largest absolute Gasteiger partial charge is 0.493 e. The van der Waals surface area contributed by atoms with Crippen LogP contribution in [0.1, 0.15) is 17.5 Å². The molecule has 2 aromatic rings. The van der Waals surface area contributed by atoms with E-state index in [1.807, 2.05) is 6.07 Å². The Morgan fingerprint density at radius 1 is 1.12 bits per heavy atom. The summed E-state index contributed by atoms with van der Waals surface area (Å²) in [6.07, 6.45) is 3.83. The molecule has 0 N–H and O–H groups in total. The minimum atomic E-state index is -3.19. The van der Waals surface area contributed by atoms with Gasteiger partial charge in [0.25, 0.3) is 0 Å². The minimum absolute atomic E-state index is 0.0514. The maximum Gasteiger partial charge on any atom is 0.247 e. The second-order valence-corrected chi connectivity index (χ2v) is 10.3. The molecule has 174 valence electrons. The summed E-state index contributed by atoms with van der Waals surface area (Å²) >= 11 is 0. The second-order valence-electron chi connectivity index (χ2n) is 8.08. The van der Waals surface area contributed by atoms with Crippen LogP contribution < -0.4 is 14.4 Å². The Kier molecular flexibility index (Phi) is 6.42. The number of hydrogen-bond donors (Lipinski definition) is 0. The lowest BCUT2D eigenvalue weighted by Gasteiger charge is -2.30. The number of methoxy groups -OCH3 is 2. The first-order chi connectivity index (χ1) is 15.8. The SMILES string of the molecule is COc1cc2c(cc1OC)CC(=O)N(CC(=O)N(c1ccccc1)C1CCS(=O)(=O)C1)C=C2. The van der Waals surface area contributed by atoms with Crippen molar-refractivity contribution >= 4 is 33.4 Å². The highest BCUT2D eigenvalue weighted by atomic mass is 32.2. The number of carbonyl (C=O) groups is 2. The number of benzene rings is 2. The molecule has 2 aromatic carbocycles. The summed E-state index contributed by atoms with van der Waals surface area (Å²) in [7, 11) is -0.117. The Morgan fingerprint density at radius 2 is 1.82 bits per heavy atom. The predicted molar refractivity (Wildman–Crippen MR) is 125 cm³/mol. The number of para-hydroxylation sites is 1. The number of sulfone groups is 1. The molecule has 9 heteroatoms. The number of rotatable bonds is 6. The fourth-order valence-corrected chi connectivity index (χ4v) is 5.95. The fraction of sp³-hybridized carbons (Fsp3) is 0.333. The van der Waals surface area contributed by atoms with E-state index < -0.39 is 15.9 Å². The highest BCUT2D eigenvalue weighted by Gasteiger charge is 2.36. The number of anilines is 1. The Labute approximate surface area is 193 Å². The first-order valence-electron chi connectivity index (χ1n) is 10.6. The summed E-state index contributed by atoms with van der Waals surface area (Å²) in [6.45, 7) is -0.191. The topological polar surface area (TPSA) is 93.2 Å². The molecule has 0 spiro atoms. The molecule has 2 heterocycles. The van der Waals surface area contributed by atoms with Crippen LogP contribution in [0, 0.1) is 0 Å². The average molecular weight is 471 g/mol. The second kappa shape index (κ2) is 9.27. The van der Waals surface area contributed by atoms with Gasteiger partial charge in [0.05, 0.1) is 38.2 Å². The minimum Gasteiger partial charge on any atom is -0.493 e. The van der Waals surface area contributed by atoms with E-state index in [0.29, 0.717) is 23.6 Å². The van der Waals surface area contributed by atoms with Crippen molar-refractivity contribution in [2.45, 2.75) is 18.9 Å². The Hall–Kier alpha value is -3.33. The van der Waals surface area contributed by atoms with Crippen molar-refractivity contribution in [2.24, 2.45) is 0 Å². The van der Waals surface area contributed by atoms with Gasteiger partial charge < -0.3 is 19.3 Å². The van der Waals surface area contributed by atoms with Crippen molar-refractivity contribution in [3.05, 3.63) is 59.8 Å². The van der Waals surface area contributed by atoms with Crippen molar-refractivity contribution in [3.63, 3.8) is 0 Å². The highest BCUT2D eigenvalue weighted by molar-refractivity contribution is 7.91. The van der Waals surface area contributed by atoms with Gasteiger partial charge in [-0.2, -0.15) is 0 Å². The molecule has 0 bridgehead atoms. The molecule has 33 heavy (non-hydrogen) atoms. The third kappa shape index (κ3) is 4.88. The van der Waals surface area contributed by atoms with Gasteiger partial charge >= 0.3 is 0 Å². The Bertz CT molecular complexity index is 1190. The van der Waals surface area contributed by atoms with Crippen LogP contribution in [0.3, 0.4) is 0 Å². The molecule has 0 aliphatic carbocycles. The molecule has 2 aliphatic rings. The number of carbonyl (C=O) groups excluding carboxylic acids is 2. The summed E-state index contributed by atoms with van der Waals surface area (Å²) in [5, 5.41) is 0. The van der Waals surface area contributed by atoms with Gasteiger partial charge in [-0.05, 0) is 47.9 Å². The molecule has 1 atom stereocenters. The molecule has 1 saturated heterocycles. The van der Waals surface area contributed by atoms with E-state index in [2.05, 4.69) is 0 Å². The van der Waals surface area contributed by atoms with Crippen molar-refractivity contribution in [2.75, 3.05) is 37.2 Å². The van der Waals surface area contributed by atoms with Crippen LogP contribution in [0.25, 0.3) is 6.08 Å². The van der Waals surface area contributed by atoms with Crippen molar-refractivity contribution in [1.82, 2.24) is 4.90 Å². The molecule has 2 aliphatic heterocycles. The first kappa shape index (κ1) is 22.8. The Morgan fingerprint density at radius 3 is 2.45 bits per heavy atom.